The topological polar surface area (TPSA) is 51.4 Å². The van der Waals surface area contributed by atoms with Gasteiger partial charge >= 0.3 is 0 Å². The van der Waals surface area contributed by atoms with E-state index in [9.17, 15) is 0 Å². The van der Waals surface area contributed by atoms with Gasteiger partial charge < -0.3 is 9.26 Å². The Morgan fingerprint density at radius 2 is 2.05 bits per heavy atom. The summed E-state index contributed by atoms with van der Waals surface area (Å²) in [5, 5.41) is 4.08. The lowest BCUT2D eigenvalue weighted by atomic mass is 9.99. The highest BCUT2D eigenvalue weighted by atomic mass is 16.5. The summed E-state index contributed by atoms with van der Waals surface area (Å²) in [7, 11) is 1.65. The van der Waals surface area contributed by atoms with E-state index in [-0.39, 0.29) is 0 Å². The second-order valence-corrected chi connectivity index (χ2v) is 5.67. The second-order valence-electron chi connectivity index (χ2n) is 5.67. The maximum absolute atomic E-state index is 5.39. The highest BCUT2D eigenvalue weighted by Crippen LogP contribution is 2.27. The van der Waals surface area contributed by atoms with Crippen molar-refractivity contribution in [1.29, 1.82) is 0 Å². The summed E-state index contributed by atoms with van der Waals surface area (Å²) in [6, 6.07) is 7.71. The van der Waals surface area contributed by atoms with Gasteiger partial charge in [0.25, 0.3) is 0 Å². The summed E-state index contributed by atoms with van der Waals surface area (Å²) >= 11 is 0. The Kier molecular flexibility index (Phi) is 4.20. The zero-order valence-corrected chi connectivity index (χ0v) is 12.6. The molecule has 1 aromatic heterocycles. The number of likely N-dealkylation sites (tertiary alicyclic amines) is 1. The number of aromatic nitrogens is 2. The lowest BCUT2D eigenvalue weighted by molar-refractivity contribution is 0.165. The van der Waals surface area contributed by atoms with E-state index in [4.69, 9.17) is 9.26 Å². The van der Waals surface area contributed by atoms with Crippen molar-refractivity contribution in [2.45, 2.75) is 26.3 Å². The van der Waals surface area contributed by atoms with Crippen LogP contribution in [0.5, 0.6) is 5.75 Å². The Bertz CT molecular complexity index is 589. The van der Waals surface area contributed by atoms with Crippen molar-refractivity contribution >= 4 is 0 Å². The molecule has 2 heterocycles. The third-order valence-electron chi connectivity index (χ3n) is 4.05. The molecule has 21 heavy (non-hydrogen) atoms. The molecule has 0 radical (unpaired) electrons. The smallest absolute Gasteiger partial charge is 0.241 e. The van der Waals surface area contributed by atoms with Crippen LogP contribution in [-0.4, -0.2) is 35.2 Å². The number of hydrogen-bond donors (Lipinski definition) is 0. The minimum Gasteiger partial charge on any atom is -0.496 e. The van der Waals surface area contributed by atoms with Gasteiger partial charge in [-0.1, -0.05) is 24.2 Å². The van der Waals surface area contributed by atoms with Gasteiger partial charge in [-0.3, -0.25) is 4.90 Å². The molecule has 0 amide bonds. The van der Waals surface area contributed by atoms with Crippen LogP contribution in [0.2, 0.25) is 0 Å². The molecule has 5 heteroatoms. The van der Waals surface area contributed by atoms with Gasteiger partial charge in [0, 0.05) is 0 Å². The molecular weight excluding hydrogens is 266 g/mol. The van der Waals surface area contributed by atoms with E-state index in [1.54, 1.807) is 7.11 Å². The van der Waals surface area contributed by atoms with E-state index in [2.05, 4.69) is 22.0 Å². The van der Waals surface area contributed by atoms with Gasteiger partial charge in [-0.25, -0.2) is 0 Å². The van der Waals surface area contributed by atoms with Crippen LogP contribution in [0.3, 0.4) is 0 Å². The minimum atomic E-state index is 0.591. The Morgan fingerprint density at radius 3 is 2.81 bits per heavy atom. The highest BCUT2D eigenvalue weighted by Gasteiger charge is 2.19. The molecule has 3 rings (SSSR count). The molecule has 1 fully saturated rings. The van der Waals surface area contributed by atoms with Crippen molar-refractivity contribution < 1.29 is 9.26 Å². The number of ether oxygens (including phenoxy) is 1. The summed E-state index contributed by atoms with van der Waals surface area (Å²) < 4.78 is 10.7. The summed E-state index contributed by atoms with van der Waals surface area (Å²) in [5.74, 6) is 2.85. The second kappa shape index (κ2) is 6.26. The molecule has 0 unspecified atom stereocenters. The van der Waals surface area contributed by atoms with Crippen LogP contribution in [-0.2, 0) is 6.54 Å². The van der Waals surface area contributed by atoms with Crippen LogP contribution in [0.15, 0.2) is 28.8 Å². The van der Waals surface area contributed by atoms with Gasteiger partial charge in [-0.2, -0.15) is 4.98 Å². The van der Waals surface area contributed by atoms with Gasteiger partial charge in [0.2, 0.25) is 11.7 Å². The van der Waals surface area contributed by atoms with Gasteiger partial charge in [0.15, 0.2) is 0 Å². The van der Waals surface area contributed by atoms with Crippen LogP contribution >= 0.6 is 0 Å². The van der Waals surface area contributed by atoms with Gasteiger partial charge in [0.1, 0.15) is 5.75 Å². The first-order valence-corrected chi connectivity index (χ1v) is 7.44. The molecule has 0 bridgehead atoms. The van der Waals surface area contributed by atoms with Gasteiger partial charge in [-0.05, 0) is 44.0 Å². The van der Waals surface area contributed by atoms with Crippen molar-refractivity contribution in [2.75, 3.05) is 20.2 Å². The SMILES string of the molecule is COc1ccccc1-c1noc(CN2CCC(C)CC2)n1. The highest BCUT2D eigenvalue weighted by molar-refractivity contribution is 5.63. The van der Waals surface area contributed by atoms with Crippen molar-refractivity contribution in [2.24, 2.45) is 5.92 Å². The van der Waals surface area contributed by atoms with Crippen molar-refractivity contribution in [3.8, 4) is 17.1 Å². The van der Waals surface area contributed by atoms with Gasteiger partial charge in [0.05, 0.1) is 19.2 Å². The lowest BCUT2D eigenvalue weighted by Crippen LogP contribution is -2.32. The van der Waals surface area contributed by atoms with E-state index in [0.717, 1.165) is 36.9 Å². The van der Waals surface area contributed by atoms with E-state index < -0.39 is 0 Å². The van der Waals surface area contributed by atoms with E-state index in [1.807, 2.05) is 24.3 Å². The molecule has 0 aliphatic carbocycles. The molecule has 0 N–H and O–H groups in total. The molecule has 0 atom stereocenters. The summed E-state index contributed by atoms with van der Waals surface area (Å²) in [6.45, 7) is 5.25. The quantitative estimate of drug-likeness (QED) is 0.865. The molecule has 0 saturated carbocycles. The molecule has 1 saturated heterocycles. The zero-order valence-electron chi connectivity index (χ0n) is 12.6. The third kappa shape index (κ3) is 3.24. The minimum absolute atomic E-state index is 0.591. The fourth-order valence-corrected chi connectivity index (χ4v) is 2.67. The molecule has 5 nitrogen and oxygen atoms in total. The first-order chi connectivity index (χ1) is 10.3. The van der Waals surface area contributed by atoms with Crippen molar-refractivity contribution in [3.05, 3.63) is 30.2 Å². The zero-order chi connectivity index (χ0) is 14.7. The van der Waals surface area contributed by atoms with Crippen LogP contribution < -0.4 is 4.74 Å². The summed E-state index contributed by atoms with van der Waals surface area (Å²) in [4.78, 5) is 6.88. The Balaban J connectivity index is 1.71. The van der Waals surface area contributed by atoms with Crippen LogP contribution in [0.25, 0.3) is 11.4 Å². The monoisotopic (exact) mass is 287 g/mol. The number of rotatable bonds is 4. The number of benzene rings is 1. The maximum atomic E-state index is 5.39. The third-order valence-corrected chi connectivity index (χ3v) is 4.05. The summed E-state index contributed by atoms with van der Waals surface area (Å²) in [6.07, 6.45) is 2.49. The number of piperidine rings is 1. The first-order valence-electron chi connectivity index (χ1n) is 7.44. The van der Waals surface area contributed by atoms with E-state index >= 15 is 0 Å². The Hall–Kier alpha value is -1.88. The average Bonchev–Trinajstić information content (AvgIpc) is 2.98. The standard InChI is InChI=1S/C16H21N3O2/c1-12-7-9-19(10-8-12)11-15-17-16(18-21-15)13-5-3-4-6-14(13)20-2/h3-6,12H,7-11H2,1-2H3. The Morgan fingerprint density at radius 1 is 1.29 bits per heavy atom. The van der Waals surface area contributed by atoms with E-state index in [1.165, 1.54) is 12.8 Å². The lowest BCUT2D eigenvalue weighted by Gasteiger charge is -2.28. The van der Waals surface area contributed by atoms with Gasteiger partial charge in [-0.15, -0.1) is 0 Å². The largest absolute Gasteiger partial charge is 0.496 e. The normalized spacial score (nSPS) is 17.0. The molecule has 0 spiro atoms. The fraction of sp³-hybridized carbons (Fsp3) is 0.500. The number of hydrogen-bond acceptors (Lipinski definition) is 5. The van der Waals surface area contributed by atoms with Crippen LogP contribution in [0, 0.1) is 5.92 Å². The summed E-state index contributed by atoms with van der Waals surface area (Å²) in [5.41, 5.74) is 0.863. The fourth-order valence-electron chi connectivity index (χ4n) is 2.67. The predicted octanol–water partition coefficient (Wildman–Crippen LogP) is 2.98. The molecule has 112 valence electrons. The molecule has 2 aromatic rings. The Labute approximate surface area is 124 Å². The van der Waals surface area contributed by atoms with Crippen LogP contribution in [0.1, 0.15) is 25.7 Å². The number of methoxy groups -OCH3 is 1. The number of para-hydroxylation sites is 1. The number of nitrogens with zero attached hydrogens (tertiary/aromatic N) is 3. The molecule has 1 aromatic carbocycles. The molecular formula is C16H21N3O2. The average molecular weight is 287 g/mol. The predicted molar refractivity (Wildman–Crippen MR) is 80.0 cm³/mol. The molecule has 1 aliphatic rings. The van der Waals surface area contributed by atoms with Crippen LogP contribution in [0.4, 0.5) is 0 Å². The van der Waals surface area contributed by atoms with E-state index in [0.29, 0.717) is 11.7 Å². The van der Waals surface area contributed by atoms with Crippen molar-refractivity contribution in [1.82, 2.24) is 15.0 Å². The molecule has 1 aliphatic heterocycles. The van der Waals surface area contributed by atoms with Crippen molar-refractivity contribution in [3.63, 3.8) is 0 Å². The first kappa shape index (κ1) is 14.1. The maximum Gasteiger partial charge on any atom is 0.241 e.